The molecule has 0 radical (unpaired) electrons. The Morgan fingerprint density at radius 3 is 2.52 bits per heavy atom. The van der Waals surface area contributed by atoms with Crippen molar-refractivity contribution in [2.45, 2.75) is 27.3 Å². The SMILES string of the molecule is C/C=N\N1Cc2c(Oc3c(C)cccc3C)cccc2C(O)=C1C(=O)NCC(=O)OC. The summed E-state index contributed by atoms with van der Waals surface area (Å²) in [5.74, 6) is -0.181. The molecule has 0 aromatic heterocycles. The monoisotopic (exact) mass is 423 g/mol. The number of fused-ring (bicyclic) bond motifs is 1. The number of carbonyl (C=O) groups excluding carboxylic acids is 2. The maximum absolute atomic E-state index is 12.7. The molecule has 1 aliphatic rings. The predicted octanol–water partition coefficient (Wildman–Crippen LogP) is 3.43. The van der Waals surface area contributed by atoms with Gasteiger partial charge in [-0.1, -0.05) is 30.3 Å². The normalized spacial score (nSPS) is 13.2. The molecule has 0 fully saturated rings. The van der Waals surface area contributed by atoms with E-state index in [4.69, 9.17) is 4.74 Å². The molecule has 162 valence electrons. The second kappa shape index (κ2) is 9.34. The summed E-state index contributed by atoms with van der Waals surface area (Å²) in [6.07, 6.45) is 1.51. The summed E-state index contributed by atoms with van der Waals surface area (Å²) in [6.45, 7) is 5.51. The van der Waals surface area contributed by atoms with Crippen LogP contribution in [-0.4, -0.2) is 41.9 Å². The van der Waals surface area contributed by atoms with E-state index in [1.54, 1.807) is 19.1 Å². The van der Waals surface area contributed by atoms with Crippen LogP contribution < -0.4 is 10.1 Å². The number of nitrogens with one attached hydrogen (secondary N) is 1. The molecule has 1 heterocycles. The molecular weight excluding hydrogens is 398 g/mol. The molecule has 1 aliphatic heterocycles. The summed E-state index contributed by atoms with van der Waals surface area (Å²) in [4.78, 5) is 24.1. The van der Waals surface area contributed by atoms with E-state index < -0.39 is 11.9 Å². The summed E-state index contributed by atoms with van der Waals surface area (Å²) in [5.41, 5.74) is 3.07. The summed E-state index contributed by atoms with van der Waals surface area (Å²) in [6, 6.07) is 11.2. The van der Waals surface area contributed by atoms with E-state index in [-0.39, 0.29) is 24.5 Å². The van der Waals surface area contributed by atoms with Crippen LogP contribution in [-0.2, 0) is 20.9 Å². The Bertz CT molecular complexity index is 1050. The highest BCUT2D eigenvalue weighted by Gasteiger charge is 2.32. The topological polar surface area (TPSA) is 100 Å². The van der Waals surface area contributed by atoms with E-state index in [9.17, 15) is 14.7 Å². The number of ether oxygens (including phenoxy) is 2. The lowest BCUT2D eigenvalue weighted by molar-refractivity contribution is -0.140. The summed E-state index contributed by atoms with van der Waals surface area (Å²) in [5, 5.41) is 19.0. The first-order valence-corrected chi connectivity index (χ1v) is 9.78. The quantitative estimate of drug-likeness (QED) is 0.545. The molecular formula is C23H25N3O5. The van der Waals surface area contributed by atoms with Crippen molar-refractivity contribution in [1.82, 2.24) is 10.3 Å². The Kier molecular flexibility index (Phi) is 6.59. The zero-order valence-electron chi connectivity index (χ0n) is 17.9. The number of hydrogen-bond donors (Lipinski definition) is 2. The number of methoxy groups -OCH3 is 1. The second-order valence-electron chi connectivity index (χ2n) is 6.99. The van der Waals surface area contributed by atoms with Gasteiger partial charge >= 0.3 is 5.97 Å². The molecule has 2 aromatic carbocycles. The molecule has 3 rings (SSSR count). The third-order valence-electron chi connectivity index (χ3n) is 4.89. The number of carbonyl (C=O) groups is 2. The van der Waals surface area contributed by atoms with E-state index in [2.05, 4.69) is 15.2 Å². The molecule has 0 spiro atoms. The lowest BCUT2D eigenvalue weighted by Crippen LogP contribution is -2.38. The molecule has 0 atom stereocenters. The number of hydrazone groups is 1. The minimum Gasteiger partial charge on any atom is -0.505 e. The van der Waals surface area contributed by atoms with E-state index in [1.807, 2.05) is 38.1 Å². The molecule has 8 nitrogen and oxygen atoms in total. The Balaban J connectivity index is 2.03. The Morgan fingerprint density at radius 1 is 1.19 bits per heavy atom. The minimum absolute atomic E-state index is 0.0567. The molecule has 0 aliphatic carbocycles. The van der Waals surface area contributed by atoms with Crippen molar-refractivity contribution >= 4 is 23.9 Å². The number of para-hydroxylation sites is 1. The van der Waals surface area contributed by atoms with Gasteiger partial charge in [-0.15, -0.1) is 0 Å². The standard InChI is InChI=1S/C23H25N3O5/c1-5-25-26-13-17-16(21(28)20(26)23(29)24-12-19(27)30-4)10-7-11-18(17)31-22-14(2)8-6-9-15(22)3/h5-11,28H,12-13H2,1-4H3,(H,24,29)/b25-5-. The molecule has 0 bridgehead atoms. The molecule has 31 heavy (non-hydrogen) atoms. The van der Waals surface area contributed by atoms with Crippen LogP contribution in [0.4, 0.5) is 0 Å². The molecule has 0 unspecified atom stereocenters. The Labute approximate surface area is 180 Å². The minimum atomic E-state index is -0.639. The molecule has 0 saturated heterocycles. The van der Waals surface area contributed by atoms with Gasteiger partial charge in [-0.3, -0.25) is 14.6 Å². The zero-order valence-corrected chi connectivity index (χ0v) is 17.9. The van der Waals surface area contributed by atoms with Gasteiger partial charge in [0.2, 0.25) is 0 Å². The fourth-order valence-electron chi connectivity index (χ4n) is 3.37. The van der Waals surface area contributed by atoms with E-state index in [0.29, 0.717) is 16.9 Å². The van der Waals surface area contributed by atoms with Crippen LogP contribution in [0.2, 0.25) is 0 Å². The van der Waals surface area contributed by atoms with E-state index in [1.165, 1.54) is 18.3 Å². The maximum atomic E-state index is 12.7. The van der Waals surface area contributed by atoms with Crippen LogP contribution in [0.25, 0.3) is 5.76 Å². The van der Waals surface area contributed by atoms with Gasteiger partial charge in [0.05, 0.1) is 13.7 Å². The Hall–Kier alpha value is -3.81. The van der Waals surface area contributed by atoms with Crippen LogP contribution in [0.5, 0.6) is 11.5 Å². The molecule has 2 N–H and O–H groups in total. The molecule has 2 aromatic rings. The second-order valence-corrected chi connectivity index (χ2v) is 6.99. The highest BCUT2D eigenvalue weighted by molar-refractivity contribution is 6.01. The average molecular weight is 423 g/mol. The lowest BCUT2D eigenvalue weighted by atomic mass is 9.99. The first kappa shape index (κ1) is 21.9. The highest BCUT2D eigenvalue weighted by Crippen LogP contribution is 2.38. The fourth-order valence-corrected chi connectivity index (χ4v) is 3.37. The highest BCUT2D eigenvalue weighted by atomic mass is 16.5. The number of aryl methyl sites for hydroxylation is 2. The number of rotatable bonds is 6. The van der Waals surface area contributed by atoms with Crippen molar-refractivity contribution in [3.63, 3.8) is 0 Å². The largest absolute Gasteiger partial charge is 0.505 e. The van der Waals surface area contributed by atoms with Gasteiger partial charge in [-0.2, -0.15) is 5.10 Å². The summed E-state index contributed by atoms with van der Waals surface area (Å²) < 4.78 is 10.8. The molecule has 8 heteroatoms. The third kappa shape index (κ3) is 4.53. The van der Waals surface area contributed by atoms with Crippen LogP contribution >= 0.6 is 0 Å². The van der Waals surface area contributed by atoms with Crippen molar-refractivity contribution in [2.75, 3.05) is 13.7 Å². The number of aliphatic hydroxyl groups is 1. The van der Waals surface area contributed by atoms with Gasteiger partial charge in [-0.05, 0) is 38.0 Å². The first-order chi connectivity index (χ1) is 14.9. The number of aliphatic hydroxyl groups excluding tert-OH is 1. The van der Waals surface area contributed by atoms with Gasteiger partial charge < -0.3 is 19.9 Å². The third-order valence-corrected chi connectivity index (χ3v) is 4.89. The number of amides is 1. The van der Waals surface area contributed by atoms with Crippen molar-refractivity contribution < 1.29 is 24.2 Å². The van der Waals surface area contributed by atoms with Crippen molar-refractivity contribution in [1.29, 1.82) is 0 Å². The zero-order chi connectivity index (χ0) is 22.5. The number of hydrogen-bond acceptors (Lipinski definition) is 7. The smallest absolute Gasteiger partial charge is 0.325 e. The number of benzene rings is 2. The van der Waals surface area contributed by atoms with E-state index >= 15 is 0 Å². The maximum Gasteiger partial charge on any atom is 0.325 e. The average Bonchev–Trinajstić information content (AvgIpc) is 2.75. The predicted molar refractivity (Wildman–Crippen MR) is 117 cm³/mol. The van der Waals surface area contributed by atoms with Gasteiger partial charge in [0.1, 0.15) is 18.0 Å². The van der Waals surface area contributed by atoms with Crippen LogP contribution in [0.15, 0.2) is 47.2 Å². The van der Waals surface area contributed by atoms with Gasteiger partial charge in [-0.25, -0.2) is 0 Å². The van der Waals surface area contributed by atoms with Crippen molar-refractivity contribution in [3.8, 4) is 11.5 Å². The van der Waals surface area contributed by atoms with Crippen LogP contribution in [0, 0.1) is 13.8 Å². The number of nitrogens with zero attached hydrogens (tertiary/aromatic N) is 2. The molecule has 1 amide bonds. The number of esters is 1. The lowest BCUT2D eigenvalue weighted by Gasteiger charge is -2.29. The summed E-state index contributed by atoms with van der Waals surface area (Å²) in [7, 11) is 1.23. The van der Waals surface area contributed by atoms with Gasteiger partial charge in [0.25, 0.3) is 5.91 Å². The Morgan fingerprint density at radius 2 is 1.87 bits per heavy atom. The van der Waals surface area contributed by atoms with Crippen molar-refractivity contribution in [3.05, 3.63) is 64.3 Å². The van der Waals surface area contributed by atoms with Crippen LogP contribution in [0.3, 0.4) is 0 Å². The van der Waals surface area contributed by atoms with Gasteiger partial charge in [0.15, 0.2) is 11.5 Å². The van der Waals surface area contributed by atoms with Gasteiger partial charge in [0, 0.05) is 17.3 Å². The van der Waals surface area contributed by atoms with E-state index in [0.717, 1.165) is 16.9 Å². The first-order valence-electron chi connectivity index (χ1n) is 9.78. The molecule has 0 saturated carbocycles. The summed E-state index contributed by atoms with van der Waals surface area (Å²) >= 11 is 0. The van der Waals surface area contributed by atoms with Crippen LogP contribution in [0.1, 0.15) is 29.2 Å². The fraction of sp³-hybridized carbons (Fsp3) is 0.261. The van der Waals surface area contributed by atoms with Crippen molar-refractivity contribution in [2.24, 2.45) is 5.10 Å².